The summed E-state index contributed by atoms with van der Waals surface area (Å²) in [6, 6.07) is 19.8. The normalized spacial score (nSPS) is 18.8. The van der Waals surface area contributed by atoms with Crippen LogP contribution in [0.1, 0.15) is 56.1 Å². The molecule has 2 aromatic rings. The number of imide groups is 1. The van der Waals surface area contributed by atoms with E-state index in [1.165, 1.54) is 31.0 Å². The minimum Gasteiger partial charge on any atom is -0.271 e. The molecule has 0 spiro atoms. The lowest BCUT2D eigenvalue weighted by molar-refractivity contribution is -0.139. The van der Waals surface area contributed by atoms with Crippen LogP contribution in [0.15, 0.2) is 65.6 Å². The number of hydrogen-bond acceptors (Lipinski definition) is 3. The maximum absolute atomic E-state index is 13.5. The first kappa shape index (κ1) is 20.0. The smallest absolute Gasteiger partial charge is 0.268 e. The summed E-state index contributed by atoms with van der Waals surface area (Å²) >= 11 is 1.50. The van der Waals surface area contributed by atoms with Crippen molar-refractivity contribution in [1.29, 1.82) is 0 Å². The highest BCUT2D eigenvalue weighted by Crippen LogP contribution is 2.39. The van der Waals surface area contributed by atoms with Crippen LogP contribution >= 0.6 is 11.8 Å². The molecule has 2 aromatic carbocycles. The topological polar surface area (TPSA) is 37.4 Å². The fraction of sp³-hybridized carbons (Fsp3) is 0.360. The van der Waals surface area contributed by atoms with Gasteiger partial charge in [-0.25, -0.2) is 0 Å². The van der Waals surface area contributed by atoms with Crippen LogP contribution in [0.25, 0.3) is 5.57 Å². The van der Waals surface area contributed by atoms with Gasteiger partial charge in [-0.15, -0.1) is 11.8 Å². The van der Waals surface area contributed by atoms with Crippen LogP contribution in [-0.4, -0.2) is 22.8 Å². The molecule has 1 fully saturated rings. The van der Waals surface area contributed by atoms with Gasteiger partial charge in [-0.05, 0) is 24.0 Å². The number of benzene rings is 2. The zero-order valence-corrected chi connectivity index (χ0v) is 17.5. The Morgan fingerprint density at radius 2 is 1.34 bits per heavy atom. The van der Waals surface area contributed by atoms with Gasteiger partial charge in [-0.1, -0.05) is 92.8 Å². The second-order valence-corrected chi connectivity index (χ2v) is 8.81. The van der Waals surface area contributed by atoms with Crippen LogP contribution in [-0.2, 0) is 15.3 Å². The lowest BCUT2D eigenvalue weighted by Crippen LogP contribution is -2.41. The molecule has 0 aromatic heterocycles. The molecule has 4 heteroatoms. The van der Waals surface area contributed by atoms with E-state index in [4.69, 9.17) is 0 Å². The van der Waals surface area contributed by atoms with E-state index in [9.17, 15) is 9.59 Å². The molecule has 29 heavy (non-hydrogen) atoms. The van der Waals surface area contributed by atoms with Gasteiger partial charge < -0.3 is 0 Å². The monoisotopic (exact) mass is 405 g/mol. The summed E-state index contributed by atoms with van der Waals surface area (Å²) in [4.78, 5) is 29.1. The highest BCUT2D eigenvalue weighted by Gasteiger charge is 2.42. The van der Waals surface area contributed by atoms with Crippen LogP contribution in [0.5, 0.6) is 0 Å². The first-order valence-corrected chi connectivity index (χ1v) is 11.6. The SMILES string of the molecule is O=C1C(SCc2ccccc2)=C(c2ccccc2)C(=O)N1C1CCCCCCC1. The molecule has 1 aliphatic carbocycles. The highest BCUT2D eigenvalue weighted by atomic mass is 32.2. The van der Waals surface area contributed by atoms with E-state index in [0.29, 0.717) is 16.2 Å². The minimum atomic E-state index is -0.109. The Labute approximate surface area is 177 Å². The molecule has 0 saturated heterocycles. The number of carbonyl (C=O) groups excluding carboxylic acids is 2. The summed E-state index contributed by atoms with van der Waals surface area (Å²) in [5, 5.41) is 0. The number of amides is 2. The van der Waals surface area contributed by atoms with Gasteiger partial charge in [0, 0.05) is 11.8 Å². The van der Waals surface area contributed by atoms with Gasteiger partial charge in [0.15, 0.2) is 0 Å². The number of carbonyl (C=O) groups is 2. The molecular formula is C25H27NO2S. The van der Waals surface area contributed by atoms with Gasteiger partial charge in [0.1, 0.15) is 0 Å². The van der Waals surface area contributed by atoms with Crippen molar-refractivity contribution < 1.29 is 9.59 Å². The summed E-state index contributed by atoms with van der Waals surface area (Å²) in [7, 11) is 0. The molecule has 0 bridgehead atoms. The standard InChI is InChI=1S/C25H27NO2S/c27-24-22(20-14-8-5-9-15-20)23(29-18-19-12-6-4-7-13-19)25(28)26(24)21-16-10-2-1-3-11-17-21/h4-9,12-15,21H,1-3,10-11,16-18H2. The molecule has 1 heterocycles. The Morgan fingerprint density at radius 3 is 2.00 bits per heavy atom. The summed E-state index contributed by atoms with van der Waals surface area (Å²) in [5.74, 6) is 0.479. The van der Waals surface area contributed by atoms with Crippen molar-refractivity contribution in [2.24, 2.45) is 0 Å². The Kier molecular flexibility index (Phi) is 6.50. The molecular weight excluding hydrogens is 378 g/mol. The van der Waals surface area contributed by atoms with Crippen molar-refractivity contribution in [3.63, 3.8) is 0 Å². The van der Waals surface area contributed by atoms with E-state index in [1.54, 1.807) is 4.90 Å². The quantitative estimate of drug-likeness (QED) is 0.589. The van der Waals surface area contributed by atoms with Crippen LogP contribution < -0.4 is 0 Å². The summed E-state index contributed by atoms with van der Waals surface area (Å²) in [5.41, 5.74) is 2.58. The van der Waals surface area contributed by atoms with Crippen molar-refractivity contribution >= 4 is 29.1 Å². The van der Waals surface area contributed by atoms with Crippen molar-refractivity contribution in [3.8, 4) is 0 Å². The predicted octanol–water partition coefficient (Wildman–Crippen LogP) is 5.81. The van der Waals surface area contributed by atoms with Gasteiger partial charge in [0.05, 0.1) is 10.5 Å². The van der Waals surface area contributed by atoms with E-state index in [1.807, 2.05) is 48.5 Å². The number of rotatable bonds is 5. The number of hydrogen-bond donors (Lipinski definition) is 0. The van der Waals surface area contributed by atoms with Crippen LogP contribution in [0, 0.1) is 0 Å². The van der Waals surface area contributed by atoms with Crippen LogP contribution in [0.2, 0.25) is 0 Å². The van der Waals surface area contributed by atoms with Crippen molar-refractivity contribution in [2.45, 2.75) is 56.7 Å². The molecule has 4 rings (SSSR count). The molecule has 0 radical (unpaired) electrons. The maximum atomic E-state index is 13.5. The second kappa shape index (κ2) is 9.45. The van der Waals surface area contributed by atoms with E-state index in [0.717, 1.165) is 36.8 Å². The first-order chi connectivity index (χ1) is 14.3. The van der Waals surface area contributed by atoms with E-state index < -0.39 is 0 Å². The van der Waals surface area contributed by atoms with Crippen molar-refractivity contribution in [2.75, 3.05) is 0 Å². The molecule has 2 amide bonds. The lowest BCUT2D eigenvalue weighted by atomic mass is 9.95. The number of nitrogens with zero attached hydrogens (tertiary/aromatic N) is 1. The average molecular weight is 406 g/mol. The van der Waals surface area contributed by atoms with Crippen LogP contribution in [0.3, 0.4) is 0 Å². The maximum Gasteiger partial charge on any atom is 0.268 e. The third-order valence-electron chi connectivity index (χ3n) is 5.80. The third kappa shape index (κ3) is 4.48. The third-order valence-corrected chi connectivity index (χ3v) is 6.95. The minimum absolute atomic E-state index is 0.0313. The number of thioether (sulfide) groups is 1. The largest absolute Gasteiger partial charge is 0.271 e. The Hall–Kier alpha value is -2.33. The average Bonchev–Trinajstić information content (AvgIpc) is 2.98. The summed E-state index contributed by atoms with van der Waals surface area (Å²) in [6.07, 6.45) is 7.69. The van der Waals surface area contributed by atoms with Crippen LogP contribution in [0.4, 0.5) is 0 Å². The molecule has 0 atom stereocenters. The van der Waals surface area contributed by atoms with Gasteiger partial charge in [0.25, 0.3) is 11.8 Å². The molecule has 1 saturated carbocycles. The first-order valence-electron chi connectivity index (χ1n) is 10.6. The molecule has 2 aliphatic rings. The Bertz CT molecular complexity index is 884. The molecule has 0 N–H and O–H groups in total. The highest BCUT2D eigenvalue weighted by molar-refractivity contribution is 8.03. The van der Waals surface area contributed by atoms with E-state index >= 15 is 0 Å². The Balaban J connectivity index is 1.64. The van der Waals surface area contributed by atoms with Gasteiger partial charge >= 0.3 is 0 Å². The zero-order valence-electron chi connectivity index (χ0n) is 16.7. The van der Waals surface area contributed by atoms with Crippen molar-refractivity contribution in [3.05, 3.63) is 76.7 Å². The predicted molar refractivity (Wildman–Crippen MR) is 119 cm³/mol. The summed E-state index contributed by atoms with van der Waals surface area (Å²) in [6.45, 7) is 0. The second-order valence-electron chi connectivity index (χ2n) is 7.82. The zero-order chi connectivity index (χ0) is 20.1. The molecule has 1 aliphatic heterocycles. The molecule has 3 nitrogen and oxygen atoms in total. The fourth-order valence-corrected chi connectivity index (χ4v) is 5.35. The molecule has 150 valence electrons. The van der Waals surface area contributed by atoms with E-state index in [2.05, 4.69) is 12.1 Å². The molecule has 0 unspecified atom stereocenters. The Morgan fingerprint density at radius 1 is 0.759 bits per heavy atom. The van der Waals surface area contributed by atoms with E-state index in [-0.39, 0.29) is 17.9 Å². The summed E-state index contributed by atoms with van der Waals surface area (Å²) < 4.78 is 0. The fourth-order valence-electron chi connectivity index (χ4n) is 4.27. The van der Waals surface area contributed by atoms with Gasteiger partial charge in [0.2, 0.25) is 0 Å². The van der Waals surface area contributed by atoms with Crippen molar-refractivity contribution in [1.82, 2.24) is 4.90 Å². The lowest BCUT2D eigenvalue weighted by Gasteiger charge is -2.28. The van der Waals surface area contributed by atoms with Gasteiger partial charge in [-0.3, -0.25) is 14.5 Å². The van der Waals surface area contributed by atoms with Gasteiger partial charge in [-0.2, -0.15) is 0 Å².